The number of aryl methyl sites for hydroxylation is 1. The molecule has 0 radical (unpaired) electrons. The number of pyridine rings is 1. The van der Waals surface area contributed by atoms with Gasteiger partial charge >= 0.3 is 0 Å². The average molecular weight is 468 g/mol. The monoisotopic (exact) mass is 467 g/mol. The van der Waals surface area contributed by atoms with Crippen LogP contribution in [0.15, 0.2) is 65.5 Å². The third-order valence-electron chi connectivity index (χ3n) is 6.40. The van der Waals surface area contributed by atoms with Gasteiger partial charge in [-0.3, -0.25) is 14.2 Å². The van der Waals surface area contributed by atoms with Crippen molar-refractivity contribution >= 4 is 22.9 Å². The first-order valence-corrected chi connectivity index (χ1v) is 12.0. The van der Waals surface area contributed by atoms with Crippen molar-refractivity contribution < 1.29 is 4.79 Å². The SMILES string of the molecule is Cc1nc(N2CCc3ccccc3C2)nc2c1ccc(=O)n2-c1ccc(C(=O)NCC(C)C)cc1. The molecule has 178 valence electrons. The summed E-state index contributed by atoms with van der Waals surface area (Å²) in [6.45, 7) is 8.22. The Labute approximate surface area is 204 Å². The summed E-state index contributed by atoms with van der Waals surface area (Å²) in [4.78, 5) is 37.2. The van der Waals surface area contributed by atoms with Crippen molar-refractivity contribution in [2.75, 3.05) is 18.0 Å². The highest BCUT2D eigenvalue weighted by molar-refractivity contribution is 5.94. The van der Waals surface area contributed by atoms with Crippen molar-refractivity contribution in [1.29, 1.82) is 0 Å². The molecule has 0 fully saturated rings. The summed E-state index contributed by atoms with van der Waals surface area (Å²) in [5.74, 6) is 0.868. The largest absolute Gasteiger partial charge is 0.352 e. The van der Waals surface area contributed by atoms with Gasteiger partial charge in [-0.25, -0.2) is 4.98 Å². The number of nitrogens with zero attached hydrogens (tertiary/aromatic N) is 4. The molecule has 2 aromatic heterocycles. The van der Waals surface area contributed by atoms with Crippen LogP contribution < -0.4 is 15.8 Å². The second kappa shape index (κ2) is 9.33. The number of fused-ring (bicyclic) bond motifs is 2. The van der Waals surface area contributed by atoms with Gasteiger partial charge < -0.3 is 10.2 Å². The number of hydrogen-bond acceptors (Lipinski definition) is 5. The summed E-state index contributed by atoms with van der Waals surface area (Å²) in [5, 5.41) is 3.75. The number of rotatable bonds is 5. The van der Waals surface area contributed by atoms with Gasteiger partial charge in [-0.2, -0.15) is 4.98 Å². The molecule has 7 nitrogen and oxygen atoms in total. The zero-order chi connectivity index (χ0) is 24.5. The number of aromatic nitrogens is 3. The Morgan fingerprint density at radius 3 is 2.49 bits per heavy atom. The van der Waals surface area contributed by atoms with Gasteiger partial charge in [-0.15, -0.1) is 0 Å². The molecule has 1 amide bonds. The topological polar surface area (TPSA) is 80.1 Å². The van der Waals surface area contributed by atoms with Crippen LogP contribution in [0.5, 0.6) is 0 Å². The minimum atomic E-state index is -0.178. The first-order valence-electron chi connectivity index (χ1n) is 12.0. The van der Waals surface area contributed by atoms with Crippen molar-refractivity contribution in [2.24, 2.45) is 5.92 Å². The molecule has 0 saturated carbocycles. The molecule has 2 aromatic carbocycles. The Balaban J connectivity index is 1.53. The molecule has 0 atom stereocenters. The highest BCUT2D eigenvalue weighted by atomic mass is 16.1. The summed E-state index contributed by atoms with van der Waals surface area (Å²) >= 11 is 0. The molecule has 0 spiro atoms. The van der Waals surface area contributed by atoms with Crippen LogP contribution in [0.4, 0.5) is 5.95 Å². The predicted octanol–water partition coefficient (Wildman–Crippen LogP) is 4.04. The normalized spacial score (nSPS) is 13.2. The van der Waals surface area contributed by atoms with Crippen LogP contribution in [-0.4, -0.2) is 33.5 Å². The molecule has 1 N–H and O–H groups in total. The summed E-state index contributed by atoms with van der Waals surface area (Å²) in [7, 11) is 0. The van der Waals surface area contributed by atoms with Crippen molar-refractivity contribution in [3.05, 3.63) is 93.4 Å². The lowest BCUT2D eigenvalue weighted by Gasteiger charge is -2.29. The van der Waals surface area contributed by atoms with Gasteiger partial charge in [0.1, 0.15) is 0 Å². The molecular weight excluding hydrogens is 438 g/mol. The smallest absolute Gasteiger partial charge is 0.256 e. The molecular formula is C28H29N5O2. The van der Waals surface area contributed by atoms with Gasteiger partial charge in [-0.05, 0) is 60.7 Å². The highest BCUT2D eigenvalue weighted by Gasteiger charge is 2.20. The van der Waals surface area contributed by atoms with E-state index in [2.05, 4.69) is 48.3 Å². The predicted molar refractivity (Wildman–Crippen MR) is 138 cm³/mol. The Hall–Kier alpha value is -4.00. The van der Waals surface area contributed by atoms with Crippen LogP contribution in [0.25, 0.3) is 16.7 Å². The van der Waals surface area contributed by atoms with E-state index in [1.807, 2.05) is 6.92 Å². The first-order chi connectivity index (χ1) is 16.9. The van der Waals surface area contributed by atoms with E-state index < -0.39 is 0 Å². The van der Waals surface area contributed by atoms with Crippen LogP contribution in [0.1, 0.15) is 41.0 Å². The standard InChI is InChI=1S/C28H29N5O2/c1-18(2)16-29-27(35)21-8-10-23(11-9-21)33-25(34)13-12-24-19(3)30-28(31-26(24)33)32-15-14-20-6-4-5-7-22(20)17-32/h4-13,18H,14-17H2,1-3H3,(H,29,35). The molecule has 4 aromatic rings. The third-order valence-corrected chi connectivity index (χ3v) is 6.40. The maximum Gasteiger partial charge on any atom is 0.256 e. The Bertz CT molecular complexity index is 1460. The van der Waals surface area contributed by atoms with E-state index in [0.29, 0.717) is 35.3 Å². The van der Waals surface area contributed by atoms with E-state index >= 15 is 0 Å². The molecule has 0 bridgehead atoms. The van der Waals surface area contributed by atoms with Gasteiger partial charge in [0.05, 0.1) is 11.4 Å². The van der Waals surface area contributed by atoms with Crippen molar-refractivity contribution in [2.45, 2.75) is 33.7 Å². The molecule has 0 unspecified atom stereocenters. The number of nitrogens with one attached hydrogen (secondary N) is 1. The molecule has 35 heavy (non-hydrogen) atoms. The molecule has 0 aliphatic carbocycles. The van der Waals surface area contributed by atoms with E-state index in [1.54, 1.807) is 41.0 Å². The zero-order valence-electron chi connectivity index (χ0n) is 20.3. The summed E-state index contributed by atoms with van der Waals surface area (Å²) in [6.07, 6.45) is 0.929. The number of amides is 1. The van der Waals surface area contributed by atoms with Gasteiger partial charge in [0, 0.05) is 36.7 Å². The Morgan fingerprint density at radius 2 is 1.74 bits per heavy atom. The van der Waals surface area contributed by atoms with Crippen LogP contribution in [0.2, 0.25) is 0 Å². The lowest BCUT2D eigenvalue weighted by molar-refractivity contribution is 0.0949. The van der Waals surface area contributed by atoms with Crippen LogP contribution in [0, 0.1) is 12.8 Å². The third kappa shape index (κ3) is 4.54. The fourth-order valence-corrected chi connectivity index (χ4v) is 4.47. The van der Waals surface area contributed by atoms with Crippen LogP contribution >= 0.6 is 0 Å². The lowest BCUT2D eigenvalue weighted by atomic mass is 10.0. The average Bonchev–Trinajstić information content (AvgIpc) is 2.87. The van der Waals surface area contributed by atoms with Crippen LogP contribution in [0.3, 0.4) is 0 Å². The van der Waals surface area contributed by atoms with Crippen molar-refractivity contribution in [1.82, 2.24) is 19.9 Å². The molecule has 5 rings (SSSR count). The number of anilines is 1. The summed E-state index contributed by atoms with van der Waals surface area (Å²) in [6, 6.07) is 18.8. The van der Waals surface area contributed by atoms with E-state index in [9.17, 15) is 9.59 Å². The second-order valence-electron chi connectivity index (χ2n) is 9.44. The molecule has 1 aliphatic heterocycles. The van der Waals surface area contributed by atoms with Gasteiger partial charge in [-0.1, -0.05) is 38.1 Å². The van der Waals surface area contributed by atoms with Crippen molar-refractivity contribution in [3.8, 4) is 5.69 Å². The van der Waals surface area contributed by atoms with Crippen LogP contribution in [-0.2, 0) is 13.0 Å². The maximum atomic E-state index is 13.0. The fraction of sp³-hybridized carbons (Fsp3) is 0.286. The maximum absolute atomic E-state index is 13.0. The fourth-order valence-electron chi connectivity index (χ4n) is 4.47. The zero-order valence-corrected chi connectivity index (χ0v) is 20.3. The van der Waals surface area contributed by atoms with Gasteiger partial charge in [0.25, 0.3) is 11.5 Å². The van der Waals surface area contributed by atoms with Gasteiger partial charge in [0.15, 0.2) is 5.65 Å². The molecule has 3 heterocycles. The number of benzene rings is 2. The lowest BCUT2D eigenvalue weighted by Crippen LogP contribution is -2.32. The van der Waals surface area contributed by atoms with Gasteiger partial charge in [0.2, 0.25) is 5.95 Å². The first kappa shape index (κ1) is 22.8. The molecule has 1 aliphatic rings. The Kier molecular flexibility index (Phi) is 6.07. The molecule has 0 saturated heterocycles. The van der Waals surface area contributed by atoms with Crippen molar-refractivity contribution in [3.63, 3.8) is 0 Å². The Morgan fingerprint density at radius 1 is 1.00 bits per heavy atom. The second-order valence-corrected chi connectivity index (χ2v) is 9.44. The highest BCUT2D eigenvalue weighted by Crippen LogP contribution is 2.25. The van der Waals surface area contributed by atoms with E-state index in [4.69, 9.17) is 9.97 Å². The number of hydrogen-bond donors (Lipinski definition) is 1. The summed E-state index contributed by atoms with van der Waals surface area (Å²) in [5.41, 5.74) is 5.06. The van der Waals surface area contributed by atoms with E-state index in [-0.39, 0.29) is 11.5 Å². The molecule has 7 heteroatoms. The minimum absolute atomic E-state index is 0.124. The summed E-state index contributed by atoms with van der Waals surface area (Å²) < 4.78 is 1.60. The minimum Gasteiger partial charge on any atom is -0.352 e. The van der Waals surface area contributed by atoms with E-state index in [0.717, 1.165) is 30.6 Å². The quantitative estimate of drug-likeness (QED) is 0.479. The number of carbonyl (C=O) groups is 1. The van der Waals surface area contributed by atoms with E-state index in [1.165, 1.54) is 11.1 Å². The number of carbonyl (C=O) groups excluding carboxylic acids is 1.